The zero-order valence-corrected chi connectivity index (χ0v) is 9.51. The van der Waals surface area contributed by atoms with Gasteiger partial charge in [0.1, 0.15) is 0 Å². The molecule has 0 aromatic heterocycles. The average Bonchev–Trinajstić information content (AvgIpc) is 2.19. The smallest absolute Gasteiger partial charge is 0.0455 e. The molecule has 2 N–H and O–H groups in total. The highest BCUT2D eigenvalue weighted by atomic mass is 35.5. The minimum Gasteiger partial charge on any atom is -0.371 e. The number of benzene rings is 1. The second-order valence-electron chi connectivity index (χ2n) is 3.30. The Morgan fingerprint density at radius 2 is 2.14 bits per heavy atom. The molecule has 0 aliphatic heterocycles. The first kappa shape index (κ1) is 11.3. The lowest BCUT2D eigenvalue weighted by atomic mass is 10.2. The molecule has 0 radical (unpaired) electrons. The van der Waals surface area contributed by atoms with Crippen LogP contribution in [-0.2, 0) is 0 Å². The Morgan fingerprint density at radius 3 is 2.64 bits per heavy atom. The van der Waals surface area contributed by atoms with Crippen LogP contribution in [0.25, 0.3) is 0 Å². The van der Waals surface area contributed by atoms with Gasteiger partial charge >= 0.3 is 0 Å². The first-order valence-electron chi connectivity index (χ1n) is 4.90. The van der Waals surface area contributed by atoms with Crippen molar-refractivity contribution in [3.05, 3.63) is 28.8 Å². The van der Waals surface area contributed by atoms with Crippen molar-refractivity contribution < 1.29 is 0 Å². The van der Waals surface area contributed by atoms with E-state index >= 15 is 0 Å². The SMILES string of the molecule is CCN(CCN)c1ccc(C)c(Cl)c1. The topological polar surface area (TPSA) is 29.3 Å². The Labute approximate surface area is 90.7 Å². The zero-order valence-electron chi connectivity index (χ0n) is 8.76. The van der Waals surface area contributed by atoms with Crippen LogP contribution in [-0.4, -0.2) is 19.6 Å². The van der Waals surface area contributed by atoms with E-state index in [1.54, 1.807) is 0 Å². The number of rotatable bonds is 4. The molecule has 2 nitrogen and oxygen atoms in total. The predicted octanol–water partition coefficient (Wildman–Crippen LogP) is 2.43. The van der Waals surface area contributed by atoms with E-state index in [4.69, 9.17) is 17.3 Å². The first-order chi connectivity index (χ1) is 6.69. The molecule has 14 heavy (non-hydrogen) atoms. The summed E-state index contributed by atoms with van der Waals surface area (Å²) in [5, 5.41) is 0.818. The Kier molecular flexibility index (Phi) is 4.23. The number of hydrogen-bond acceptors (Lipinski definition) is 2. The quantitative estimate of drug-likeness (QED) is 0.831. The highest BCUT2D eigenvalue weighted by Crippen LogP contribution is 2.22. The van der Waals surface area contributed by atoms with Gasteiger partial charge < -0.3 is 10.6 Å². The maximum atomic E-state index is 6.06. The largest absolute Gasteiger partial charge is 0.371 e. The van der Waals surface area contributed by atoms with E-state index in [0.29, 0.717) is 6.54 Å². The van der Waals surface area contributed by atoms with E-state index in [2.05, 4.69) is 17.9 Å². The van der Waals surface area contributed by atoms with Crippen molar-refractivity contribution in [3.8, 4) is 0 Å². The van der Waals surface area contributed by atoms with Crippen molar-refractivity contribution >= 4 is 17.3 Å². The van der Waals surface area contributed by atoms with Crippen molar-refractivity contribution in [2.75, 3.05) is 24.5 Å². The summed E-state index contributed by atoms with van der Waals surface area (Å²) in [6, 6.07) is 6.12. The molecule has 78 valence electrons. The predicted molar refractivity (Wildman–Crippen MR) is 63.1 cm³/mol. The molecule has 0 saturated carbocycles. The fourth-order valence-electron chi connectivity index (χ4n) is 1.40. The lowest BCUT2D eigenvalue weighted by Gasteiger charge is -2.22. The van der Waals surface area contributed by atoms with Gasteiger partial charge in [0, 0.05) is 30.3 Å². The molecule has 1 rings (SSSR count). The second kappa shape index (κ2) is 5.23. The van der Waals surface area contributed by atoms with Gasteiger partial charge in [-0.3, -0.25) is 0 Å². The average molecular weight is 213 g/mol. The fraction of sp³-hybridized carbons (Fsp3) is 0.455. The molecule has 0 atom stereocenters. The van der Waals surface area contributed by atoms with E-state index in [9.17, 15) is 0 Å². The van der Waals surface area contributed by atoms with Crippen LogP contribution < -0.4 is 10.6 Å². The standard InChI is InChI=1S/C11H17ClN2/c1-3-14(7-6-13)10-5-4-9(2)11(12)8-10/h4-5,8H,3,6-7,13H2,1-2H3. The summed E-state index contributed by atoms with van der Waals surface area (Å²) in [5.74, 6) is 0. The van der Waals surface area contributed by atoms with E-state index in [-0.39, 0.29) is 0 Å². The van der Waals surface area contributed by atoms with Crippen LogP contribution in [0, 0.1) is 6.92 Å². The number of halogens is 1. The summed E-state index contributed by atoms with van der Waals surface area (Å²) >= 11 is 6.06. The molecule has 0 heterocycles. The number of nitrogens with zero attached hydrogens (tertiary/aromatic N) is 1. The van der Waals surface area contributed by atoms with E-state index in [1.807, 2.05) is 19.1 Å². The van der Waals surface area contributed by atoms with Gasteiger partial charge in [-0.15, -0.1) is 0 Å². The Bertz CT molecular complexity index is 299. The van der Waals surface area contributed by atoms with Crippen LogP contribution in [0.3, 0.4) is 0 Å². The fourth-order valence-corrected chi connectivity index (χ4v) is 1.58. The summed E-state index contributed by atoms with van der Waals surface area (Å²) in [5.41, 5.74) is 7.79. The lowest BCUT2D eigenvalue weighted by Crippen LogP contribution is -2.28. The maximum absolute atomic E-state index is 6.06. The molecule has 0 bridgehead atoms. The molecule has 3 heteroatoms. The van der Waals surface area contributed by atoms with Gasteiger partial charge in [0.2, 0.25) is 0 Å². The summed E-state index contributed by atoms with van der Waals surface area (Å²) in [4.78, 5) is 2.21. The van der Waals surface area contributed by atoms with Crippen LogP contribution in [0.15, 0.2) is 18.2 Å². The summed E-state index contributed by atoms with van der Waals surface area (Å²) in [6.45, 7) is 6.61. The van der Waals surface area contributed by atoms with Crippen molar-refractivity contribution in [1.29, 1.82) is 0 Å². The Morgan fingerprint density at radius 1 is 1.43 bits per heavy atom. The highest BCUT2D eigenvalue weighted by molar-refractivity contribution is 6.31. The Balaban J connectivity index is 2.88. The molecule has 1 aromatic rings. The van der Waals surface area contributed by atoms with E-state index < -0.39 is 0 Å². The molecule has 0 unspecified atom stereocenters. The number of aryl methyl sites for hydroxylation is 1. The molecule has 0 aliphatic carbocycles. The van der Waals surface area contributed by atoms with Gasteiger partial charge in [0.15, 0.2) is 0 Å². The van der Waals surface area contributed by atoms with Crippen LogP contribution in [0.1, 0.15) is 12.5 Å². The van der Waals surface area contributed by atoms with Crippen molar-refractivity contribution in [3.63, 3.8) is 0 Å². The van der Waals surface area contributed by atoms with Crippen LogP contribution in [0.5, 0.6) is 0 Å². The van der Waals surface area contributed by atoms with Crippen molar-refractivity contribution in [2.24, 2.45) is 5.73 Å². The molecule has 0 saturated heterocycles. The monoisotopic (exact) mass is 212 g/mol. The molecule has 0 amide bonds. The van der Waals surface area contributed by atoms with E-state index in [0.717, 1.165) is 29.4 Å². The van der Waals surface area contributed by atoms with Gasteiger partial charge in [-0.25, -0.2) is 0 Å². The minimum atomic E-state index is 0.666. The Hall–Kier alpha value is -0.730. The van der Waals surface area contributed by atoms with Gasteiger partial charge in [0.05, 0.1) is 0 Å². The molecule has 0 fully saturated rings. The molecule has 0 aliphatic rings. The number of anilines is 1. The second-order valence-corrected chi connectivity index (χ2v) is 3.71. The normalized spacial score (nSPS) is 10.3. The number of nitrogens with two attached hydrogens (primary N) is 1. The molecular formula is C11H17ClN2. The third-order valence-corrected chi connectivity index (χ3v) is 2.71. The van der Waals surface area contributed by atoms with Gasteiger partial charge in [-0.1, -0.05) is 17.7 Å². The zero-order chi connectivity index (χ0) is 10.6. The van der Waals surface area contributed by atoms with Crippen molar-refractivity contribution in [2.45, 2.75) is 13.8 Å². The van der Waals surface area contributed by atoms with Gasteiger partial charge in [-0.2, -0.15) is 0 Å². The van der Waals surface area contributed by atoms with Crippen LogP contribution in [0.2, 0.25) is 5.02 Å². The van der Waals surface area contributed by atoms with Gasteiger partial charge in [-0.05, 0) is 31.5 Å². The summed E-state index contributed by atoms with van der Waals surface area (Å²) < 4.78 is 0. The van der Waals surface area contributed by atoms with Gasteiger partial charge in [0.25, 0.3) is 0 Å². The first-order valence-corrected chi connectivity index (χ1v) is 5.28. The molecular weight excluding hydrogens is 196 g/mol. The third-order valence-electron chi connectivity index (χ3n) is 2.30. The van der Waals surface area contributed by atoms with Crippen molar-refractivity contribution in [1.82, 2.24) is 0 Å². The van der Waals surface area contributed by atoms with Crippen LogP contribution in [0.4, 0.5) is 5.69 Å². The van der Waals surface area contributed by atoms with E-state index in [1.165, 1.54) is 0 Å². The summed E-state index contributed by atoms with van der Waals surface area (Å²) in [6.07, 6.45) is 0. The number of likely N-dealkylation sites (N-methyl/N-ethyl adjacent to an activating group) is 1. The minimum absolute atomic E-state index is 0.666. The molecule has 0 spiro atoms. The van der Waals surface area contributed by atoms with Crippen LogP contribution >= 0.6 is 11.6 Å². The lowest BCUT2D eigenvalue weighted by molar-refractivity contribution is 0.817. The summed E-state index contributed by atoms with van der Waals surface area (Å²) in [7, 11) is 0. The number of hydrogen-bond donors (Lipinski definition) is 1. The molecule has 1 aromatic carbocycles. The highest BCUT2D eigenvalue weighted by Gasteiger charge is 2.04. The third kappa shape index (κ3) is 2.63. The maximum Gasteiger partial charge on any atom is 0.0455 e.